The van der Waals surface area contributed by atoms with Gasteiger partial charge in [-0.05, 0) is 43.7 Å². The van der Waals surface area contributed by atoms with Gasteiger partial charge in [0.25, 0.3) is 0 Å². The fourth-order valence-electron chi connectivity index (χ4n) is 2.49. The summed E-state index contributed by atoms with van der Waals surface area (Å²) in [4.78, 5) is 22.1. The third-order valence-corrected chi connectivity index (χ3v) is 4.49. The highest BCUT2D eigenvalue weighted by atomic mass is 32.2. The van der Waals surface area contributed by atoms with Gasteiger partial charge in [0, 0.05) is 12.2 Å². The first-order valence-corrected chi connectivity index (χ1v) is 8.60. The molecule has 4 nitrogen and oxygen atoms in total. The average molecular weight is 325 g/mol. The number of carbonyl (C=O) groups is 1. The van der Waals surface area contributed by atoms with Crippen molar-refractivity contribution in [2.24, 2.45) is 0 Å². The molecule has 1 amide bonds. The fourth-order valence-corrected chi connectivity index (χ4v) is 3.25. The predicted molar refractivity (Wildman–Crippen MR) is 96.0 cm³/mol. The molecular weight excluding hydrogens is 306 g/mol. The van der Waals surface area contributed by atoms with E-state index in [0.29, 0.717) is 12.3 Å². The third kappa shape index (κ3) is 3.56. The molecule has 23 heavy (non-hydrogen) atoms. The average Bonchev–Trinajstić information content (AvgIpc) is 2.96. The first-order chi connectivity index (χ1) is 11.2. The standard InChI is InChI=1S/C18H19N3OS/c1-3-21(14-7-5-4-6-8-14)17(22)12-23-18-19-15-10-9-13(2)11-16(15)20-18/h4-11H,3,12H2,1-2H3,(H,19,20). The summed E-state index contributed by atoms with van der Waals surface area (Å²) in [6.07, 6.45) is 0. The Morgan fingerprint density at radius 1 is 1.22 bits per heavy atom. The van der Waals surface area contributed by atoms with Crippen molar-refractivity contribution < 1.29 is 4.79 Å². The number of nitrogens with zero attached hydrogens (tertiary/aromatic N) is 2. The lowest BCUT2D eigenvalue weighted by atomic mass is 10.2. The van der Waals surface area contributed by atoms with Gasteiger partial charge in [0.15, 0.2) is 5.16 Å². The molecule has 0 saturated carbocycles. The van der Waals surface area contributed by atoms with Gasteiger partial charge in [-0.15, -0.1) is 0 Å². The zero-order valence-corrected chi connectivity index (χ0v) is 14.1. The normalized spacial score (nSPS) is 10.9. The monoisotopic (exact) mass is 325 g/mol. The minimum Gasteiger partial charge on any atom is -0.333 e. The van der Waals surface area contributed by atoms with Gasteiger partial charge in [-0.1, -0.05) is 36.0 Å². The van der Waals surface area contributed by atoms with Gasteiger partial charge < -0.3 is 9.88 Å². The quantitative estimate of drug-likeness (QED) is 0.721. The third-order valence-electron chi connectivity index (χ3n) is 3.63. The smallest absolute Gasteiger partial charge is 0.237 e. The molecule has 0 unspecified atom stereocenters. The molecule has 0 aliphatic heterocycles. The summed E-state index contributed by atoms with van der Waals surface area (Å²) in [5.41, 5.74) is 4.06. The zero-order chi connectivity index (χ0) is 16.2. The van der Waals surface area contributed by atoms with Gasteiger partial charge in [-0.25, -0.2) is 4.98 Å². The van der Waals surface area contributed by atoms with Crippen LogP contribution in [-0.2, 0) is 4.79 Å². The Morgan fingerprint density at radius 3 is 2.74 bits per heavy atom. The van der Waals surface area contributed by atoms with E-state index in [1.54, 1.807) is 4.90 Å². The van der Waals surface area contributed by atoms with E-state index < -0.39 is 0 Å². The van der Waals surface area contributed by atoms with Gasteiger partial charge in [0.05, 0.1) is 16.8 Å². The Balaban J connectivity index is 1.69. The zero-order valence-electron chi connectivity index (χ0n) is 13.2. The van der Waals surface area contributed by atoms with Crippen LogP contribution in [0.2, 0.25) is 0 Å². The second-order valence-corrected chi connectivity index (χ2v) is 6.29. The number of thioether (sulfide) groups is 1. The number of H-pyrrole nitrogens is 1. The molecule has 0 fully saturated rings. The highest BCUT2D eigenvalue weighted by Gasteiger charge is 2.15. The van der Waals surface area contributed by atoms with Crippen LogP contribution in [0.3, 0.4) is 0 Å². The SMILES string of the molecule is CCN(C(=O)CSc1nc2ccc(C)cc2[nH]1)c1ccccc1. The van der Waals surface area contributed by atoms with E-state index in [0.717, 1.165) is 21.9 Å². The van der Waals surface area contributed by atoms with Crippen LogP contribution in [0, 0.1) is 6.92 Å². The molecule has 0 saturated heterocycles. The summed E-state index contributed by atoms with van der Waals surface area (Å²) in [7, 11) is 0. The molecule has 1 N–H and O–H groups in total. The highest BCUT2D eigenvalue weighted by molar-refractivity contribution is 7.99. The molecule has 0 bridgehead atoms. The molecule has 3 aromatic rings. The van der Waals surface area contributed by atoms with Gasteiger partial charge in [-0.3, -0.25) is 4.79 Å². The molecule has 2 aromatic carbocycles. The Hall–Kier alpha value is -2.27. The van der Waals surface area contributed by atoms with Crippen LogP contribution in [0.5, 0.6) is 0 Å². The van der Waals surface area contributed by atoms with E-state index in [9.17, 15) is 4.79 Å². The number of carbonyl (C=O) groups excluding carboxylic acids is 1. The van der Waals surface area contributed by atoms with Crippen LogP contribution in [0.25, 0.3) is 11.0 Å². The topological polar surface area (TPSA) is 49.0 Å². The van der Waals surface area contributed by atoms with Crippen molar-refractivity contribution in [2.45, 2.75) is 19.0 Å². The summed E-state index contributed by atoms with van der Waals surface area (Å²) in [5.74, 6) is 0.446. The van der Waals surface area contributed by atoms with Crippen molar-refractivity contribution in [2.75, 3.05) is 17.2 Å². The van der Waals surface area contributed by atoms with Crippen molar-refractivity contribution in [1.29, 1.82) is 0 Å². The van der Waals surface area contributed by atoms with Crippen molar-refractivity contribution in [3.8, 4) is 0 Å². The number of benzene rings is 2. The second-order valence-electron chi connectivity index (χ2n) is 5.32. The Morgan fingerprint density at radius 2 is 2.00 bits per heavy atom. The Kier molecular flexibility index (Phi) is 4.67. The minimum absolute atomic E-state index is 0.0836. The first kappa shape index (κ1) is 15.6. The maximum atomic E-state index is 12.5. The number of hydrogen-bond acceptors (Lipinski definition) is 3. The number of aryl methyl sites for hydroxylation is 1. The largest absolute Gasteiger partial charge is 0.333 e. The molecule has 3 rings (SSSR count). The number of amides is 1. The summed E-state index contributed by atoms with van der Waals surface area (Å²) in [6, 6.07) is 15.8. The molecule has 118 valence electrons. The number of aromatic nitrogens is 2. The lowest BCUT2D eigenvalue weighted by molar-refractivity contribution is -0.116. The number of imidazole rings is 1. The predicted octanol–water partition coefficient (Wildman–Crippen LogP) is 4.02. The van der Waals surface area contributed by atoms with Crippen molar-refractivity contribution in [3.63, 3.8) is 0 Å². The Bertz CT molecular complexity index is 814. The van der Waals surface area contributed by atoms with Crippen LogP contribution in [0.15, 0.2) is 53.7 Å². The van der Waals surface area contributed by atoms with E-state index >= 15 is 0 Å². The van der Waals surface area contributed by atoms with Gasteiger partial charge in [0.2, 0.25) is 5.91 Å². The Labute approximate surface area is 139 Å². The minimum atomic E-state index is 0.0836. The number of rotatable bonds is 5. The summed E-state index contributed by atoms with van der Waals surface area (Å²) in [5, 5.41) is 0.781. The summed E-state index contributed by atoms with van der Waals surface area (Å²) < 4.78 is 0. The van der Waals surface area contributed by atoms with Crippen LogP contribution >= 0.6 is 11.8 Å². The second kappa shape index (κ2) is 6.87. The maximum absolute atomic E-state index is 12.5. The summed E-state index contributed by atoms with van der Waals surface area (Å²) in [6.45, 7) is 4.69. The first-order valence-electron chi connectivity index (χ1n) is 7.62. The van der Waals surface area contributed by atoms with E-state index in [1.165, 1.54) is 17.3 Å². The van der Waals surface area contributed by atoms with Crippen LogP contribution in [0.4, 0.5) is 5.69 Å². The van der Waals surface area contributed by atoms with Crippen LogP contribution in [-0.4, -0.2) is 28.2 Å². The van der Waals surface area contributed by atoms with Crippen LogP contribution in [0.1, 0.15) is 12.5 Å². The number of fused-ring (bicyclic) bond motifs is 1. The lowest BCUT2D eigenvalue weighted by Gasteiger charge is -2.20. The molecule has 0 aliphatic rings. The van der Waals surface area contributed by atoms with Crippen molar-refractivity contribution >= 4 is 34.4 Å². The summed E-state index contributed by atoms with van der Waals surface area (Å²) >= 11 is 1.44. The fraction of sp³-hybridized carbons (Fsp3) is 0.222. The van der Waals surface area contributed by atoms with Gasteiger partial charge >= 0.3 is 0 Å². The molecule has 0 radical (unpaired) electrons. The number of para-hydroxylation sites is 1. The molecule has 0 atom stereocenters. The van der Waals surface area contributed by atoms with E-state index in [-0.39, 0.29) is 5.91 Å². The van der Waals surface area contributed by atoms with Crippen LogP contribution < -0.4 is 4.90 Å². The molecule has 0 aliphatic carbocycles. The van der Waals surface area contributed by atoms with E-state index in [2.05, 4.69) is 23.0 Å². The number of anilines is 1. The number of aromatic amines is 1. The molecular formula is C18H19N3OS. The van der Waals surface area contributed by atoms with E-state index in [1.807, 2.05) is 49.4 Å². The van der Waals surface area contributed by atoms with Crippen molar-refractivity contribution in [1.82, 2.24) is 9.97 Å². The lowest BCUT2D eigenvalue weighted by Crippen LogP contribution is -2.32. The van der Waals surface area contributed by atoms with E-state index in [4.69, 9.17) is 0 Å². The molecule has 0 spiro atoms. The number of hydrogen-bond donors (Lipinski definition) is 1. The molecule has 1 aromatic heterocycles. The van der Waals surface area contributed by atoms with Gasteiger partial charge in [0.1, 0.15) is 0 Å². The number of nitrogens with one attached hydrogen (secondary N) is 1. The maximum Gasteiger partial charge on any atom is 0.237 e. The highest BCUT2D eigenvalue weighted by Crippen LogP contribution is 2.22. The molecule has 1 heterocycles. The van der Waals surface area contributed by atoms with Crippen molar-refractivity contribution in [3.05, 3.63) is 54.1 Å². The van der Waals surface area contributed by atoms with Gasteiger partial charge in [-0.2, -0.15) is 0 Å². The molecule has 5 heteroatoms.